The van der Waals surface area contributed by atoms with Gasteiger partial charge in [0.25, 0.3) is 11.1 Å². The number of rotatable bonds is 8. The third-order valence-electron chi connectivity index (χ3n) is 6.59. The van der Waals surface area contributed by atoms with Gasteiger partial charge in [0, 0.05) is 22.5 Å². The number of fused-ring (bicyclic) bond motifs is 1. The maximum Gasteiger partial charge on any atom is 0.338 e. The number of imide groups is 1. The van der Waals surface area contributed by atoms with Crippen LogP contribution in [0.15, 0.2) is 77.7 Å². The molecule has 1 fully saturated rings. The summed E-state index contributed by atoms with van der Waals surface area (Å²) in [5, 5.41) is 1.74. The molecule has 0 N–H and O–H groups in total. The number of carbonyl (C=O) groups excluding carboxylic acids is 3. The summed E-state index contributed by atoms with van der Waals surface area (Å²) in [6.45, 7) is 6.39. The van der Waals surface area contributed by atoms with Gasteiger partial charge >= 0.3 is 5.97 Å². The first-order valence-corrected chi connectivity index (χ1v) is 13.5. The van der Waals surface area contributed by atoms with Gasteiger partial charge in [-0.15, -0.1) is 0 Å². The summed E-state index contributed by atoms with van der Waals surface area (Å²) < 4.78 is 13.1. The van der Waals surface area contributed by atoms with E-state index in [0.29, 0.717) is 17.1 Å². The Balaban J connectivity index is 1.29. The molecule has 0 aliphatic carbocycles. The van der Waals surface area contributed by atoms with Crippen LogP contribution in [0.2, 0.25) is 0 Å². The third kappa shape index (κ3) is 5.33. The minimum Gasteiger partial charge on any atom is -0.491 e. The van der Waals surface area contributed by atoms with Crippen LogP contribution in [0.1, 0.15) is 34.2 Å². The summed E-state index contributed by atoms with van der Waals surface area (Å²) in [4.78, 5) is 39.4. The molecule has 1 aliphatic rings. The largest absolute Gasteiger partial charge is 0.491 e. The lowest BCUT2D eigenvalue weighted by atomic mass is 10.1. The van der Waals surface area contributed by atoms with Crippen LogP contribution in [0.5, 0.6) is 5.75 Å². The third-order valence-corrected chi connectivity index (χ3v) is 7.50. The van der Waals surface area contributed by atoms with Crippen molar-refractivity contribution in [2.45, 2.75) is 20.8 Å². The molecule has 198 valence electrons. The Bertz CT molecular complexity index is 1600. The Hall–Kier alpha value is -4.30. The highest BCUT2D eigenvalue weighted by atomic mass is 32.2. The number of thioether (sulfide) groups is 1. The number of nitrogens with zero attached hydrogens (tertiary/aromatic N) is 2. The minimum absolute atomic E-state index is 0.164. The Morgan fingerprint density at radius 3 is 2.49 bits per heavy atom. The first-order chi connectivity index (χ1) is 18.9. The molecule has 0 unspecified atom stereocenters. The molecular formula is C31H28N2O5S. The zero-order chi connectivity index (χ0) is 27.5. The predicted molar refractivity (Wildman–Crippen MR) is 153 cm³/mol. The van der Waals surface area contributed by atoms with E-state index in [-0.39, 0.29) is 30.3 Å². The van der Waals surface area contributed by atoms with Crippen LogP contribution in [0.4, 0.5) is 4.79 Å². The Morgan fingerprint density at radius 1 is 0.974 bits per heavy atom. The number of carbonyl (C=O) groups is 3. The van der Waals surface area contributed by atoms with Gasteiger partial charge in [-0.05, 0) is 86.0 Å². The highest BCUT2D eigenvalue weighted by molar-refractivity contribution is 8.18. The van der Waals surface area contributed by atoms with Gasteiger partial charge in [-0.1, -0.05) is 36.4 Å². The molecule has 39 heavy (non-hydrogen) atoms. The van der Waals surface area contributed by atoms with Crippen molar-refractivity contribution in [1.29, 1.82) is 0 Å². The van der Waals surface area contributed by atoms with Crippen molar-refractivity contribution in [2.24, 2.45) is 0 Å². The fourth-order valence-corrected chi connectivity index (χ4v) is 5.55. The molecule has 0 radical (unpaired) electrons. The zero-order valence-electron chi connectivity index (χ0n) is 22.0. The van der Waals surface area contributed by atoms with Gasteiger partial charge in [-0.25, -0.2) is 4.79 Å². The molecule has 2 amide bonds. The van der Waals surface area contributed by atoms with Gasteiger partial charge in [-0.2, -0.15) is 0 Å². The molecule has 0 saturated carbocycles. The average molecular weight is 541 g/mol. The smallest absolute Gasteiger partial charge is 0.338 e. The fraction of sp³-hybridized carbons (Fsp3) is 0.194. The van der Waals surface area contributed by atoms with Crippen molar-refractivity contribution in [2.75, 3.05) is 19.8 Å². The molecule has 3 aromatic carbocycles. The van der Waals surface area contributed by atoms with Gasteiger partial charge in [0.05, 0.1) is 23.6 Å². The van der Waals surface area contributed by atoms with Crippen LogP contribution in [0, 0.1) is 13.8 Å². The highest BCUT2D eigenvalue weighted by Crippen LogP contribution is 2.34. The minimum atomic E-state index is -0.357. The average Bonchev–Trinajstić information content (AvgIpc) is 3.37. The first kappa shape index (κ1) is 26.3. The SMILES string of the molecule is CCOC(=O)c1ccc(-n2c(C)cc(/C=C3\SC(=O)N(CCOc4cccc5ccccc45)C3=O)c2C)cc1. The normalized spacial score (nSPS) is 14.4. The van der Waals surface area contributed by atoms with Gasteiger partial charge in [0.2, 0.25) is 0 Å². The number of hydrogen-bond donors (Lipinski definition) is 0. The second-order valence-electron chi connectivity index (χ2n) is 9.09. The number of ether oxygens (including phenoxy) is 2. The van der Waals surface area contributed by atoms with Crippen molar-refractivity contribution in [3.8, 4) is 11.4 Å². The maximum atomic E-state index is 13.1. The zero-order valence-corrected chi connectivity index (χ0v) is 22.8. The predicted octanol–water partition coefficient (Wildman–Crippen LogP) is 6.54. The van der Waals surface area contributed by atoms with E-state index in [9.17, 15) is 14.4 Å². The van der Waals surface area contributed by atoms with Crippen LogP contribution in [-0.4, -0.2) is 46.3 Å². The lowest BCUT2D eigenvalue weighted by Gasteiger charge is -2.14. The monoisotopic (exact) mass is 540 g/mol. The molecule has 0 bridgehead atoms. The van der Waals surface area contributed by atoms with E-state index in [1.807, 2.05) is 79.1 Å². The number of aromatic nitrogens is 1. The molecule has 4 aromatic rings. The van der Waals surface area contributed by atoms with E-state index in [2.05, 4.69) is 0 Å². The van der Waals surface area contributed by atoms with Crippen molar-refractivity contribution >= 4 is 45.7 Å². The quantitative estimate of drug-likeness (QED) is 0.187. The van der Waals surface area contributed by atoms with Crippen LogP contribution >= 0.6 is 11.8 Å². The maximum absolute atomic E-state index is 13.1. The molecule has 1 aliphatic heterocycles. The lowest BCUT2D eigenvalue weighted by molar-refractivity contribution is -0.123. The standard InChI is InChI=1S/C31H28N2O5S/c1-4-37-30(35)23-12-14-25(15-13-23)33-20(2)18-24(21(33)3)19-28-29(34)32(31(36)39-28)16-17-38-27-11-7-9-22-8-5-6-10-26(22)27/h5-15,18-19H,4,16-17H2,1-3H3/b28-19-. The summed E-state index contributed by atoms with van der Waals surface area (Å²) in [6.07, 6.45) is 1.77. The molecular weight excluding hydrogens is 512 g/mol. The topological polar surface area (TPSA) is 77.8 Å². The van der Waals surface area contributed by atoms with E-state index >= 15 is 0 Å². The summed E-state index contributed by atoms with van der Waals surface area (Å²) in [7, 11) is 0. The second kappa shape index (κ2) is 11.2. The fourth-order valence-electron chi connectivity index (χ4n) is 4.69. The van der Waals surface area contributed by atoms with E-state index in [1.54, 1.807) is 25.1 Å². The van der Waals surface area contributed by atoms with Gasteiger partial charge in [0.15, 0.2) is 0 Å². The number of amides is 2. The molecule has 7 nitrogen and oxygen atoms in total. The van der Waals surface area contributed by atoms with E-state index in [0.717, 1.165) is 50.9 Å². The molecule has 5 rings (SSSR count). The Labute approximate surface area is 231 Å². The molecule has 2 heterocycles. The first-order valence-electron chi connectivity index (χ1n) is 12.7. The lowest BCUT2D eigenvalue weighted by Crippen LogP contribution is -2.32. The number of esters is 1. The molecule has 0 spiro atoms. The van der Waals surface area contributed by atoms with E-state index in [1.165, 1.54) is 4.90 Å². The summed E-state index contributed by atoms with van der Waals surface area (Å²) in [5.74, 6) is 0.0392. The van der Waals surface area contributed by atoms with Gasteiger partial charge < -0.3 is 14.0 Å². The van der Waals surface area contributed by atoms with Crippen LogP contribution in [-0.2, 0) is 9.53 Å². The van der Waals surface area contributed by atoms with Crippen LogP contribution in [0.3, 0.4) is 0 Å². The number of benzene rings is 3. The van der Waals surface area contributed by atoms with Gasteiger partial charge in [0.1, 0.15) is 12.4 Å². The van der Waals surface area contributed by atoms with Crippen molar-refractivity contribution < 1.29 is 23.9 Å². The summed E-state index contributed by atoms with van der Waals surface area (Å²) in [5.41, 5.74) is 4.10. The van der Waals surface area contributed by atoms with Crippen LogP contribution < -0.4 is 4.74 Å². The van der Waals surface area contributed by atoms with E-state index in [4.69, 9.17) is 9.47 Å². The Kier molecular flexibility index (Phi) is 7.56. The molecule has 1 aromatic heterocycles. The highest BCUT2D eigenvalue weighted by Gasteiger charge is 2.35. The van der Waals surface area contributed by atoms with Crippen molar-refractivity contribution in [1.82, 2.24) is 9.47 Å². The van der Waals surface area contributed by atoms with Crippen molar-refractivity contribution in [3.63, 3.8) is 0 Å². The number of hydrogen-bond acceptors (Lipinski definition) is 6. The number of aryl methyl sites for hydroxylation is 1. The molecule has 1 saturated heterocycles. The van der Waals surface area contributed by atoms with Gasteiger partial charge in [-0.3, -0.25) is 14.5 Å². The molecule has 8 heteroatoms. The summed E-state index contributed by atoms with van der Waals surface area (Å²) >= 11 is 0.937. The second-order valence-corrected chi connectivity index (χ2v) is 10.1. The Morgan fingerprint density at radius 2 is 1.72 bits per heavy atom. The molecule has 0 atom stereocenters. The van der Waals surface area contributed by atoms with Crippen molar-refractivity contribution in [3.05, 3.63) is 100 Å². The summed E-state index contributed by atoms with van der Waals surface area (Å²) in [6, 6.07) is 22.9. The van der Waals surface area contributed by atoms with Crippen LogP contribution in [0.25, 0.3) is 22.5 Å². The van der Waals surface area contributed by atoms with E-state index < -0.39 is 0 Å².